The molecule has 0 unspecified atom stereocenters. The number of hydrogen-bond acceptors (Lipinski definition) is 2. The molecule has 0 aromatic heterocycles. The Morgan fingerprint density at radius 3 is 2.76 bits per heavy atom. The third-order valence-electron chi connectivity index (χ3n) is 3.24. The second-order valence-corrected chi connectivity index (χ2v) is 5.72. The SMILES string of the molecule is Cc1cc(F)ccc1CCNC(=O)c1cc(Br)ccc1N. The molecule has 0 bridgehead atoms. The number of carbonyl (C=O) groups is 1. The van der Waals surface area contributed by atoms with Crippen molar-refractivity contribution in [3.05, 3.63) is 63.4 Å². The standard InChI is InChI=1S/C16H16BrFN2O/c1-10-8-13(18)4-2-11(10)6-7-20-16(21)14-9-12(17)3-5-15(14)19/h2-5,8-9H,6-7,19H2,1H3,(H,20,21). The molecule has 0 saturated carbocycles. The molecule has 0 atom stereocenters. The first kappa shape index (κ1) is 15.5. The van der Waals surface area contributed by atoms with Crippen molar-refractivity contribution in [3.63, 3.8) is 0 Å². The average Bonchev–Trinajstić information content (AvgIpc) is 2.43. The third kappa shape index (κ3) is 4.04. The van der Waals surface area contributed by atoms with Gasteiger partial charge in [-0.3, -0.25) is 4.79 Å². The molecule has 110 valence electrons. The topological polar surface area (TPSA) is 55.1 Å². The number of carbonyl (C=O) groups excluding carboxylic acids is 1. The van der Waals surface area contributed by atoms with Crippen LogP contribution in [0.2, 0.25) is 0 Å². The lowest BCUT2D eigenvalue weighted by Gasteiger charge is -2.09. The minimum atomic E-state index is -0.248. The van der Waals surface area contributed by atoms with Gasteiger partial charge >= 0.3 is 0 Å². The van der Waals surface area contributed by atoms with Crippen molar-refractivity contribution in [2.24, 2.45) is 0 Å². The van der Waals surface area contributed by atoms with Crippen LogP contribution < -0.4 is 11.1 Å². The Balaban J connectivity index is 1.97. The number of aryl methyl sites for hydroxylation is 1. The van der Waals surface area contributed by atoms with Gasteiger partial charge in [-0.25, -0.2) is 4.39 Å². The number of rotatable bonds is 4. The first-order valence-corrected chi connectivity index (χ1v) is 7.35. The Morgan fingerprint density at radius 1 is 1.29 bits per heavy atom. The van der Waals surface area contributed by atoms with Gasteiger partial charge in [0.2, 0.25) is 0 Å². The smallest absolute Gasteiger partial charge is 0.253 e. The summed E-state index contributed by atoms with van der Waals surface area (Å²) in [6.45, 7) is 2.32. The summed E-state index contributed by atoms with van der Waals surface area (Å²) in [5.74, 6) is -0.462. The van der Waals surface area contributed by atoms with E-state index < -0.39 is 0 Å². The Hall–Kier alpha value is -1.88. The molecule has 0 heterocycles. The van der Waals surface area contributed by atoms with Crippen molar-refractivity contribution >= 4 is 27.5 Å². The minimum absolute atomic E-state index is 0.214. The molecule has 0 radical (unpaired) electrons. The van der Waals surface area contributed by atoms with Crippen molar-refractivity contribution in [2.45, 2.75) is 13.3 Å². The molecule has 3 N–H and O–H groups in total. The maximum absolute atomic E-state index is 13.0. The van der Waals surface area contributed by atoms with Crippen LogP contribution in [-0.2, 0) is 6.42 Å². The van der Waals surface area contributed by atoms with E-state index in [0.29, 0.717) is 24.2 Å². The fraction of sp³-hybridized carbons (Fsp3) is 0.188. The lowest BCUT2D eigenvalue weighted by atomic mass is 10.1. The van der Waals surface area contributed by atoms with Gasteiger partial charge in [-0.05, 0) is 54.8 Å². The van der Waals surface area contributed by atoms with Crippen molar-refractivity contribution in [1.29, 1.82) is 0 Å². The van der Waals surface area contributed by atoms with Crippen LogP contribution in [0, 0.1) is 12.7 Å². The quantitative estimate of drug-likeness (QED) is 0.829. The zero-order valence-corrected chi connectivity index (χ0v) is 13.2. The second-order valence-electron chi connectivity index (χ2n) is 4.81. The molecule has 2 aromatic carbocycles. The third-order valence-corrected chi connectivity index (χ3v) is 3.74. The van der Waals surface area contributed by atoms with Gasteiger partial charge in [0.25, 0.3) is 5.91 Å². The number of nitrogen functional groups attached to an aromatic ring is 1. The van der Waals surface area contributed by atoms with E-state index in [9.17, 15) is 9.18 Å². The van der Waals surface area contributed by atoms with E-state index in [1.807, 2.05) is 6.92 Å². The lowest BCUT2D eigenvalue weighted by molar-refractivity contribution is 0.0955. The molecule has 21 heavy (non-hydrogen) atoms. The molecule has 2 aromatic rings. The zero-order chi connectivity index (χ0) is 15.4. The van der Waals surface area contributed by atoms with Crippen LogP contribution in [0.4, 0.5) is 10.1 Å². The highest BCUT2D eigenvalue weighted by atomic mass is 79.9. The van der Waals surface area contributed by atoms with Gasteiger partial charge < -0.3 is 11.1 Å². The highest BCUT2D eigenvalue weighted by Gasteiger charge is 2.10. The molecular formula is C16H16BrFN2O. The van der Waals surface area contributed by atoms with E-state index in [1.165, 1.54) is 12.1 Å². The molecule has 0 fully saturated rings. The molecular weight excluding hydrogens is 335 g/mol. The predicted octanol–water partition coefficient (Wildman–Crippen LogP) is 3.45. The molecule has 5 heteroatoms. The summed E-state index contributed by atoms with van der Waals surface area (Å²) in [5.41, 5.74) is 8.57. The van der Waals surface area contributed by atoms with Crippen molar-refractivity contribution in [3.8, 4) is 0 Å². The van der Waals surface area contributed by atoms with Crippen LogP contribution >= 0.6 is 15.9 Å². The number of amides is 1. The van der Waals surface area contributed by atoms with Gasteiger partial charge in [-0.2, -0.15) is 0 Å². The summed E-state index contributed by atoms with van der Waals surface area (Å²) in [6, 6.07) is 9.81. The summed E-state index contributed by atoms with van der Waals surface area (Å²) >= 11 is 3.31. The van der Waals surface area contributed by atoms with Crippen molar-refractivity contribution in [1.82, 2.24) is 5.32 Å². The second kappa shape index (κ2) is 6.72. The summed E-state index contributed by atoms with van der Waals surface area (Å²) in [5, 5.41) is 2.82. The molecule has 0 saturated heterocycles. The van der Waals surface area contributed by atoms with E-state index in [4.69, 9.17) is 5.73 Å². The van der Waals surface area contributed by atoms with Gasteiger partial charge in [0, 0.05) is 16.7 Å². The largest absolute Gasteiger partial charge is 0.398 e. The van der Waals surface area contributed by atoms with Gasteiger partial charge in [0.05, 0.1) is 5.56 Å². The minimum Gasteiger partial charge on any atom is -0.398 e. The van der Waals surface area contributed by atoms with Crippen molar-refractivity contribution < 1.29 is 9.18 Å². The Bertz CT molecular complexity index is 673. The monoisotopic (exact) mass is 350 g/mol. The Kier molecular flexibility index (Phi) is 4.96. The van der Waals surface area contributed by atoms with Crippen LogP contribution in [0.5, 0.6) is 0 Å². The lowest BCUT2D eigenvalue weighted by Crippen LogP contribution is -2.26. The molecule has 0 aliphatic carbocycles. The number of hydrogen-bond donors (Lipinski definition) is 2. The maximum atomic E-state index is 13.0. The predicted molar refractivity (Wildman–Crippen MR) is 85.7 cm³/mol. The normalized spacial score (nSPS) is 10.4. The first-order chi connectivity index (χ1) is 9.97. The van der Waals surface area contributed by atoms with Crippen LogP contribution in [0.25, 0.3) is 0 Å². The number of nitrogens with one attached hydrogen (secondary N) is 1. The molecule has 0 aliphatic heterocycles. The Labute approximate surface area is 131 Å². The highest BCUT2D eigenvalue weighted by molar-refractivity contribution is 9.10. The molecule has 0 aliphatic rings. The average molecular weight is 351 g/mol. The summed E-state index contributed by atoms with van der Waals surface area (Å²) in [6.07, 6.45) is 0.645. The fourth-order valence-corrected chi connectivity index (χ4v) is 2.43. The van der Waals surface area contributed by atoms with E-state index in [2.05, 4.69) is 21.2 Å². The molecule has 0 spiro atoms. The van der Waals surface area contributed by atoms with Gasteiger partial charge in [0.15, 0.2) is 0 Å². The van der Waals surface area contributed by atoms with Crippen LogP contribution in [0.15, 0.2) is 40.9 Å². The highest BCUT2D eigenvalue weighted by Crippen LogP contribution is 2.18. The van der Waals surface area contributed by atoms with E-state index in [0.717, 1.165) is 15.6 Å². The maximum Gasteiger partial charge on any atom is 0.253 e. The number of halogens is 2. The molecule has 2 rings (SSSR count). The van der Waals surface area contributed by atoms with Crippen molar-refractivity contribution in [2.75, 3.05) is 12.3 Å². The van der Waals surface area contributed by atoms with E-state index in [1.54, 1.807) is 24.3 Å². The van der Waals surface area contributed by atoms with E-state index >= 15 is 0 Å². The van der Waals surface area contributed by atoms with Crippen LogP contribution in [0.1, 0.15) is 21.5 Å². The molecule has 1 amide bonds. The number of anilines is 1. The van der Waals surface area contributed by atoms with Crippen LogP contribution in [-0.4, -0.2) is 12.5 Å². The molecule has 3 nitrogen and oxygen atoms in total. The van der Waals surface area contributed by atoms with E-state index in [-0.39, 0.29) is 11.7 Å². The summed E-state index contributed by atoms with van der Waals surface area (Å²) in [4.78, 5) is 12.1. The summed E-state index contributed by atoms with van der Waals surface area (Å²) in [7, 11) is 0. The van der Waals surface area contributed by atoms with Gasteiger partial charge in [-0.15, -0.1) is 0 Å². The summed E-state index contributed by atoms with van der Waals surface area (Å²) < 4.78 is 13.8. The van der Waals surface area contributed by atoms with Gasteiger partial charge in [-0.1, -0.05) is 22.0 Å². The first-order valence-electron chi connectivity index (χ1n) is 6.55. The van der Waals surface area contributed by atoms with Crippen LogP contribution in [0.3, 0.4) is 0 Å². The number of benzene rings is 2. The Morgan fingerprint density at radius 2 is 2.05 bits per heavy atom. The van der Waals surface area contributed by atoms with Gasteiger partial charge in [0.1, 0.15) is 5.82 Å². The number of nitrogens with two attached hydrogens (primary N) is 1. The fourth-order valence-electron chi connectivity index (χ4n) is 2.07. The zero-order valence-electron chi connectivity index (χ0n) is 11.6.